The van der Waals surface area contributed by atoms with Crippen LogP contribution in [0.5, 0.6) is 0 Å². The lowest BCUT2D eigenvalue weighted by Gasteiger charge is -1.95. The van der Waals surface area contributed by atoms with E-state index in [9.17, 15) is 0 Å². The summed E-state index contributed by atoms with van der Waals surface area (Å²) in [5.41, 5.74) is 0. The molecule has 0 bridgehead atoms. The van der Waals surface area contributed by atoms with Gasteiger partial charge in [-0.3, -0.25) is 0 Å². The maximum Gasteiger partial charge on any atom is 0.0533 e. The summed E-state index contributed by atoms with van der Waals surface area (Å²) in [6.07, 6.45) is 6.05. The summed E-state index contributed by atoms with van der Waals surface area (Å²) in [5.74, 6) is 0. The minimum Gasteiger partial charge on any atom is -0.396 e. The second-order valence-corrected chi connectivity index (χ2v) is 2.76. The van der Waals surface area contributed by atoms with Gasteiger partial charge in [0.2, 0.25) is 0 Å². The highest BCUT2D eigenvalue weighted by Gasteiger charge is 1.88. The number of aliphatic hydroxyl groups is 2. The van der Waals surface area contributed by atoms with Crippen LogP contribution >= 0.6 is 0 Å². The van der Waals surface area contributed by atoms with Crippen molar-refractivity contribution >= 4 is 0 Å². The molecule has 0 saturated carbocycles. The zero-order valence-electron chi connectivity index (χ0n) is 9.87. The van der Waals surface area contributed by atoms with Gasteiger partial charge in [0.05, 0.1) is 6.10 Å². The first kappa shape index (κ1) is 19.0. The summed E-state index contributed by atoms with van der Waals surface area (Å²) in [7, 11) is 0. The molecule has 0 aliphatic rings. The smallest absolute Gasteiger partial charge is 0.0533 e. The molecule has 0 aromatic heterocycles. The van der Waals surface area contributed by atoms with E-state index in [1.54, 1.807) is 6.92 Å². The average molecular weight is 202 g/mol. The van der Waals surface area contributed by atoms with Crippen LogP contribution in [0.1, 0.15) is 40.0 Å². The fourth-order valence-electron chi connectivity index (χ4n) is 0.187. The third-order valence-electron chi connectivity index (χ3n) is 1.12. The number of aliphatic hydroxyl groups excluding tert-OH is 2. The van der Waals surface area contributed by atoms with E-state index >= 15 is 0 Å². The van der Waals surface area contributed by atoms with Crippen LogP contribution in [0, 0.1) is 0 Å². The van der Waals surface area contributed by atoms with Crippen LogP contribution in [0.4, 0.5) is 0 Å². The predicted octanol–water partition coefficient (Wildman–Crippen LogP) is 2.91. The molecule has 0 heterocycles. The van der Waals surface area contributed by atoms with Gasteiger partial charge in [-0.15, -0.1) is 13.2 Å². The molecular formula is C12H26O2. The largest absolute Gasteiger partial charge is 0.396 e. The fourth-order valence-corrected chi connectivity index (χ4v) is 0.187. The van der Waals surface area contributed by atoms with Gasteiger partial charge in [0.1, 0.15) is 0 Å². The molecule has 1 atom stereocenters. The van der Waals surface area contributed by atoms with Gasteiger partial charge in [-0.1, -0.05) is 26.0 Å². The second kappa shape index (κ2) is 22.8. The van der Waals surface area contributed by atoms with Crippen molar-refractivity contribution in [3.05, 3.63) is 25.3 Å². The number of hydrogen-bond acceptors (Lipinski definition) is 2. The monoisotopic (exact) mass is 202 g/mol. The Bertz CT molecular complexity index is 90.5. The van der Waals surface area contributed by atoms with Crippen LogP contribution in [0.2, 0.25) is 0 Å². The molecular weight excluding hydrogens is 176 g/mol. The molecule has 0 radical (unpaired) electrons. The van der Waals surface area contributed by atoms with Crippen LogP contribution in [-0.2, 0) is 0 Å². The minimum absolute atomic E-state index is 0.0810. The Labute approximate surface area is 89.0 Å². The lowest BCUT2D eigenvalue weighted by Crippen LogP contribution is -2.00. The lowest BCUT2D eigenvalue weighted by atomic mass is 10.3. The van der Waals surface area contributed by atoms with E-state index in [0.717, 1.165) is 12.8 Å². The minimum atomic E-state index is -0.352. The molecule has 86 valence electrons. The van der Waals surface area contributed by atoms with Crippen molar-refractivity contribution in [2.75, 3.05) is 6.61 Å². The summed E-state index contributed by atoms with van der Waals surface area (Å²) in [5, 5.41) is 16.5. The molecule has 2 N–H and O–H groups in total. The topological polar surface area (TPSA) is 40.5 Å². The van der Waals surface area contributed by atoms with E-state index in [-0.39, 0.29) is 12.7 Å². The molecule has 0 aromatic rings. The Kier molecular flexibility index (Phi) is 31.1. The summed E-state index contributed by atoms with van der Waals surface area (Å²) in [6, 6.07) is 0. The van der Waals surface area contributed by atoms with Crippen molar-refractivity contribution in [3.63, 3.8) is 0 Å². The van der Waals surface area contributed by atoms with E-state index in [0.29, 0.717) is 6.42 Å². The Morgan fingerprint density at radius 2 is 1.43 bits per heavy atom. The summed E-state index contributed by atoms with van der Waals surface area (Å²) in [6.45, 7) is 12.8. The highest BCUT2D eigenvalue weighted by Crippen LogP contribution is 1.83. The van der Waals surface area contributed by atoms with Gasteiger partial charge in [-0.2, -0.15) is 0 Å². The maximum atomic E-state index is 8.39. The van der Waals surface area contributed by atoms with E-state index < -0.39 is 0 Å². The molecule has 2 heteroatoms. The van der Waals surface area contributed by atoms with Crippen molar-refractivity contribution in [1.29, 1.82) is 0 Å². The molecule has 0 saturated heterocycles. The Morgan fingerprint density at radius 1 is 1.14 bits per heavy atom. The van der Waals surface area contributed by atoms with E-state index in [1.807, 2.05) is 12.2 Å². The van der Waals surface area contributed by atoms with Crippen LogP contribution in [0.15, 0.2) is 25.3 Å². The van der Waals surface area contributed by atoms with Crippen LogP contribution in [0.3, 0.4) is 0 Å². The first-order valence-electron chi connectivity index (χ1n) is 5.11. The number of hydrogen-bond donors (Lipinski definition) is 2. The van der Waals surface area contributed by atoms with Crippen molar-refractivity contribution in [3.8, 4) is 0 Å². The molecule has 0 aromatic carbocycles. The second-order valence-electron chi connectivity index (χ2n) is 2.76. The third kappa shape index (κ3) is 63.7. The van der Waals surface area contributed by atoms with E-state index in [4.69, 9.17) is 10.2 Å². The van der Waals surface area contributed by atoms with Crippen LogP contribution < -0.4 is 0 Å². The molecule has 2 nitrogen and oxygen atoms in total. The van der Waals surface area contributed by atoms with Crippen LogP contribution in [0.25, 0.3) is 0 Å². The van der Waals surface area contributed by atoms with Crippen molar-refractivity contribution in [1.82, 2.24) is 0 Å². The Morgan fingerprint density at radius 3 is 1.43 bits per heavy atom. The standard InChI is InChI=1S/C4H10O2.2C4H8/c1-4(6)2-3-5;2*1-3-4-2/h4-6H,2-3H2,1H3;2*3H,1,4H2,2H3. The lowest BCUT2D eigenvalue weighted by molar-refractivity contribution is 0.148. The van der Waals surface area contributed by atoms with Gasteiger partial charge in [0, 0.05) is 6.61 Å². The van der Waals surface area contributed by atoms with Crippen molar-refractivity contribution in [2.24, 2.45) is 0 Å². The molecule has 0 aliphatic heterocycles. The Hall–Kier alpha value is -0.600. The molecule has 0 amide bonds. The zero-order valence-corrected chi connectivity index (χ0v) is 9.87. The number of rotatable bonds is 4. The van der Waals surface area contributed by atoms with E-state index in [2.05, 4.69) is 27.0 Å². The predicted molar refractivity (Wildman–Crippen MR) is 64.4 cm³/mol. The number of allylic oxidation sites excluding steroid dienone is 2. The summed E-state index contributed by atoms with van der Waals surface area (Å²) in [4.78, 5) is 0. The summed E-state index contributed by atoms with van der Waals surface area (Å²) < 4.78 is 0. The molecule has 0 rings (SSSR count). The average Bonchev–Trinajstić information content (AvgIpc) is 2.18. The Balaban J connectivity index is -0.000000135. The molecule has 0 fully saturated rings. The fraction of sp³-hybridized carbons (Fsp3) is 0.667. The molecule has 0 aliphatic carbocycles. The first-order chi connectivity index (χ1) is 6.60. The van der Waals surface area contributed by atoms with Crippen LogP contribution in [-0.4, -0.2) is 22.9 Å². The normalized spacial score (nSPS) is 9.79. The molecule has 14 heavy (non-hydrogen) atoms. The quantitative estimate of drug-likeness (QED) is 0.688. The summed E-state index contributed by atoms with van der Waals surface area (Å²) >= 11 is 0. The third-order valence-corrected chi connectivity index (χ3v) is 1.12. The highest BCUT2D eigenvalue weighted by atomic mass is 16.3. The van der Waals surface area contributed by atoms with Gasteiger partial charge in [0.15, 0.2) is 0 Å². The van der Waals surface area contributed by atoms with Crippen molar-refractivity contribution in [2.45, 2.75) is 46.1 Å². The molecule has 0 spiro atoms. The van der Waals surface area contributed by atoms with Crippen molar-refractivity contribution < 1.29 is 10.2 Å². The maximum absolute atomic E-state index is 8.39. The van der Waals surface area contributed by atoms with Gasteiger partial charge < -0.3 is 10.2 Å². The zero-order chi connectivity index (χ0) is 11.8. The van der Waals surface area contributed by atoms with E-state index in [1.165, 1.54) is 0 Å². The molecule has 1 unspecified atom stereocenters. The van der Waals surface area contributed by atoms with Gasteiger partial charge in [-0.25, -0.2) is 0 Å². The first-order valence-corrected chi connectivity index (χ1v) is 5.11. The highest BCUT2D eigenvalue weighted by molar-refractivity contribution is 4.60. The van der Waals surface area contributed by atoms with Gasteiger partial charge in [-0.05, 0) is 26.2 Å². The SMILES string of the molecule is C=CCC.C=CCC.CC(O)CCO. The van der Waals surface area contributed by atoms with Gasteiger partial charge in [0.25, 0.3) is 0 Å². The van der Waals surface area contributed by atoms with Gasteiger partial charge >= 0.3 is 0 Å².